The summed E-state index contributed by atoms with van der Waals surface area (Å²) >= 11 is 0. The third-order valence-corrected chi connectivity index (χ3v) is 6.50. The third kappa shape index (κ3) is 2.47. The van der Waals surface area contributed by atoms with Gasteiger partial charge in [0, 0.05) is 6.42 Å². The van der Waals surface area contributed by atoms with Gasteiger partial charge in [0.1, 0.15) is 6.04 Å². The number of anilines is 1. The molecule has 2 aromatic rings. The topological polar surface area (TPSA) is 80.5 Å². The molecule has 0 fully saturated rings. The van der Waals surface area contributed by atoms with E-state index in [2.05, 4.69) is 0 Å². The van der Waals surface area contributed by atoms with Crippen LogP contribution < -0.4 is 10.0 Å². The molecule has 6 heteroatoms. The van der Waals surface area contributed by atoms with Gasteiger partial charge in [-0.15, -0.1) is 0 Å². The number of hydrogen-bond donors (Lipinski definition) is 1. The van der Waals surface area contributed by atoms with Crippen LogP contribution in [-0.2, 0) is 21.2 Å². The number of rotatable bonds is 3. The zero-order chi connectivity index (χ0) is 17.6. The minimum absolute atomic E-state index is 0.246. The quantitative estimate of drug-likeness (QED) is 0.927. The lowest BCUT2D eigenvalue weighted by Crippen LogP contribution is -2.46. The van der Waals surface area contributed by atoms with Crippen molar-refractivity contribution in [3.05, 3.63) is 58.7 Å². The van der Waals surface area contributed by atoms with Crippen LogP contribution in [0.3, 0.4) is 0 Å². The number of sulfonamides is 1. The smallest absolute Gasteiger partial charge is 0.265 e. The van der Waals surface area contributed by atoms with Crippen molar-refractivity contribution >= 4 is 21.6 Å². The van der Waals surface area contributed by atoms with Gasteiger partial charge >= 0.3 is 0 Å². The minimum Gasteiger partial charge on any atom is -0.368 e. The first kappa shape index (κ1) is 16.5. The molecule has 126 valence electrons. The molecule has 0 saturated carbocycles. The Balaban J connectivity index is 2.24. The van der Waals surface area contributed by atoms with Gasteiger partial charge in [0.15, 0.2) is 0 Å². The van der Waals surface area contributed by atoms with E-state index in [0.29, 0.717) is 23.2 Å². The standard InChI is InChI=1S/C18H20N2O3S/c1-11-8-12(2)17(13(3)9-11)24(22,23)20-15-7-5-4-6-14(15)10-16(20)18(19)21/h4-9,16H,10H2,1-3H3,(H2,19,21). The van der Waals surface area contributed by atoms with Gasteiger partial charge in [-0.3, -0.25) is 9.10 Å². The van der Waals surface area contributed by atoms with E-state index in [1.165, 1.54) is 4.31 Å². The second kappa shape index (κ2) is 5.63. The molecule has 1 amide bonds. The Morgan fingerprint density at radius 3 is 2.29 bits per heavy atom. The zero-order valence-corrected chi connectivity index (χ0v) is 14.7. The number of hydrogen-bond acceptors (Lipinski definition) is 3. The lowest BCUT2D eigenvalue weighted by molar-refractivity contribution is -0.118. The molecule has 3 rings (SSSR count). The molecular weight excluding hydrogens is 324 g/mol. The largest absolute Gasteiger partial charge is 0.368 e. The second-order valence-corrected chi connectivity index (χ2v) is 8.03. The predicted octanol–water partition coefficient (Wildman–Crippen LogP) is 2.22. The molecule has 0 bridgehead atoms. The minimum atomic E-state index is -3.89. The Hall–Kier alpha value is -2.34. The number of aryl methyl sites for hydroxylation is 3. The van der Waals surface area contributed by atoms with E-state index in [9.17, 15) is 13.2 Å². The van der Waals surface area contributed by atoms with Crippen molar-refractivity contribution in [2.75, 3.05) is 4.31 Å². The summed E-state index contributed by atoms with van der Waals surface area (Å²) < 4.78 is 28.0. The normalized spacial score (nSPS) is 17.0. The molecule has 0 spiro atoms. The molecule has 1 heterocycles. The van der Waals surface area contributed by atoms with Crippen molar-refractivity contribution < 1.29 is 13.2 Å². The maximum absolute atomic E-state index is 13.4. The van der Waals surface area contributed by atoms with Gasteiger partial charge in [-0.2, -0.15) is 0 Å². The van der Waals surface area contributed by atoms with Crippen LogP contribution >= 0.6 is 0 Å². The van der Waals surface area contributed by atoms with E-state index in [-0.39, 0.29) is 4.90 Å². The maximum atomic E-state index is 13.4. The molecular formula is C18H20N2O3S. The first-order valence-electron chi connectivity index (χ1n) is 7.73. The van der Waals surface area contributed by atoms with E-state index in [4.69, 9.17) is 5.73 Å². The van der Waals surface area contributed by atoms with Crippen LogP contribution in [0.5, 0.6) is 0 Å². The molecule has 2 N–H and O–H groups in total. The number of primary amides is 1. The highest BCUT2D eigenvalue weighted by Crippen LogP contribution is 2.38. The number of fused-ring (bicyclic) bond motifs is 1. The van der Waals surface area contributed by atoms with Crippen molar-refractivity contribution in [1.29, 1.82) is 0 Å². The molecule has 24 heavy (non-hydrogen) atoms. The number of amides is 1. The van der Waals surface area contributed by atoms with Crippen molar-refractivity contribution in [1.82, 2.24) is 0 Å². The lowest BCUT2D eigenvalue weighted by Gasteiger charge is -2.26. The van der Waals surface area contributed by atoms with Gasteiger partial charge in [0.05, 0.1) is 10.6 Å². The number of benzene rings is 2. The number of nitrogens with zero attached hydrogens (tertiary/aromatic N) is 1. The van der Waals surface area contributed by atoms with Crippen LogP contribution in [0.25, 0.3) is 0 Å². The molecule has 1 atom stereocenters. The fourth-order valence-corrected chi connectivity index (χ4v) is 5.62. The van der Waals surface area contributed by atoms with E-state index >= 15 is 0 Å². The molecule has 1 unspecified atom stereocenters. The Kier molecular flexibility index (Phi) is 3.87. The third-order valence-electron chi connectivity index (χ3n) is 4.38. The summed E-state index contributed by atoms with van der Waals surface area (Å²) in [5.41, 5.74) is 9.17. The summed E-state index contributed by atoms with van der Waals surface area (Å²) in [5.74, 6) is -0.641. The van der Waals surface area contributed by atoms with E-state index in [1.807, 2.05) is 31.2 Å². The summed E-state index contributed by atoms with van der Waals surface area (Å²) in [7, 11) is -3.89. The summed E-state index contributed by atoms with van der Waals surface area (Å²) in [5, 5.41) is 0. The SMILES string of the molecule is Cc1cc(C)c(S(=O)(=O)N2c3ccccc3CC2C(N)=O)c(C)c1. The van der Waals surface area contributed by atoms with Crippen molar-refractivity contribution in [3.8, 4) is 0 Å². The zero-order valence-electron chi connectivity index (χ0n) is 13.9. The lowest BCUT2D eigenvalue weighted by atomic mass is 10.1. The first-order chi connectivity index (χ1) is 11.2. The molecule has 0 aliphatic carbocycles. The Morgan fingerprint density at radius 2 is 1.71 bits per heavy atom. The maximum Gasteiger partial charge on any atom is 0.265 e. The predicted molar refractivity (Wildman–Crippen MR) is 93.4 cm³/mol. The summed E-state index contributed by atoms with van der Waals surface area (Å²) in [6.07, 6.45) is 0.300. The van der Waals surface area contributed by atoms with Crippen LogP contribution in [0.15, 0.2) is 41.3 Å². The van der Waals surface area contributed by atoms with Gasteiger partial charge in [0.2, 0.25) is 5.91 Å². The highest BCUT2D eigenvalue weighted by atomic mass is 32.2. The van der Waals surface area contributed by atoms with Gasteiger partial charge in [0.25, 0.3) is 10.0 Å². The number of para-hydroxylation sites is 1. The van der Waals surface area contributed by atoms with Crippen molar-refractivity contribution in [3.63, 3.8) is 0 Å². The fourth-order valence-electron chi connectivity index (χ4n) is 3.54. The first-order valence-corrected chi connectivity index (χ1v) is 9.17. The average Bonchev–Trinajstić information content (AvgIpc) is 2.86. The highest BCUT2D eigenvalue weighted by molar-refractivity contribution is 7.93. The molecule has 0 radical (unpaired) electrons. The number of carbonyl (C=O) groups is 1. The molecule has 0 saturated heterocycles. The van der Waals surface area contributed by atoms with Gasteiger partial charge in [-0.1, -0.05) is 35.9 Å². The molecule has 2 aromatic carbocycles. The summed E-state index contributed by atoms with van der Waals surface area (Å²) in [6.45, 7) is 5.47. The van der Waals surface area contributed by atoms with Crippen LogP contribution in [0.1, 0.15) is 22.3 Å². The van der Waals surface area contributed by atoms with Crippen molar-refractivity contribution in [2.45, 2.75) is 38.1 Å². The van der Waals surface area contributed by atoms with Gasteiger partial charge < -0.3 is 5.73 Å². The van der Waals surface area contributed by atoms with Crippen LogP contribution in [-0.4, -0.2) is 20.4 Å². The fraction of sp³-hybridized carbons (Fsp3) is 0.278. The average molecular weight is 344 g/mol. The Bertz CT molecular complexity index is 912. The molecule has 0 aromatic heterocycles. The second-order valence-electron chi connectivity index (χ2n) is 6.28. The highest BCUT2D eigenvalue weighted by Gasteiger charge is 2.42. The van der Waals surface area contributed by atoms with E-state index < -0.39 is 22.0 Å². The monoisotopic (exact) mass is 344 g/mol. The molecule has 1 aliphatic rings. The van der Waals surface area contributed by atoms with Crippen LogP contribution in [0.4, 0.5) is 5.69 Å². The number of nitrogens with two attached hydrogens (primary N) is 1. The van der Waals surface area contributed by atoms with E-state index in [1.54, 1.807) is 26.0 Å². The summed E-state index contributed by atoms with van der Waals surface area (Å²) in [6, 6.07) is 9.91. The molecule has 5 nitrogen and oxygen atoms in total. The van der Waals surface area contributed by atoms with Crippen LogP contribution in [0.2, 0.25) is 0 Å². The number of carbonyl (C=O) groups excluding carboxylic acids is 1. The van der Waals surface area contributed by atoms with Gasteiger partial charge in [-0.05, 0) is 43.5 Å². The Morgan fingerprint density at radius 1 is 1.12 bits per heavy atom. The molecule has 1 aliphatic heterocycles. The Labute approximate surface area is 142 Å². The van der Waals surface area contributed by atoms with Crippen LogP contribution in [0, 0.1) is 20.8 Å². The van der Waals surface area contributed by atoms with E-state index in [0.717, 1.165) is 11.1 Å². The summed E-state index contributed by atoms with van der Waals surface area (Å²) in [4.78, 5) is 12.1. The van der Waals surface area contributed by atoms with Gasteiger partial charge in [-0.25, -0.2) is 8.42 Å². The van der Waals surface area contributed by atoms with Crippen molar-refractivity contribution in [2.24, 2.45) is 5.73 Å².